The van der Waals surface area contributed by atoms with E-state index in [4.69, 9.17) is 18.0 Å². The van der Waals surface area contributed by atoms with Crippen LogP contribution in [0.2, 0.25) is 0 Å². The van der Waals surface area contributed by atoms with Gasteiger partial charge in [0.2, 0.25) is 0 Å². The van der Waals surface area contributed by atoms with Crippen molar-refractivity contribution in [1.82, 2.24) is 3.93 Å². The summed E-state index contributed by atoms with van der Waals surface area (Å²) in [5.74, 6) is -0.0152. The number of amides is 1. The Morgan fingerprint density at radius 2 is 1.81 bits per heavy atom. The minimum atomic E-state index is -0.320. The summed E-state index contributed by atoms with van der Waals surface area (Å²) in [6.07, 6.45) is 0. The van der Waals surface area contributed by atoms with Crippen molar-refractivity contribution in [3.05, 3.63) is 48.0 Å². The van der Waals surface area contributed by atoms with Crippen LogP contribution in [0.4, 0.5) is 0 Å². The molecule has 0 radical (unpaired) electrons. The molecule has 0 aromatic heterocycles. The summed E-state index contributed by atoms with van der Waals surface area (Å²) in [5.41, 5.74) is 6.36. The van der Waals surface area contributed by atoms with Gasteiger partial charge in [0.15, 0.2) is 0 Å². The van der Waals surface area contributed by atoms with E-state index in [1.807, 2.05) is 56.3 Å². The average molecular weight is 365 g/mol. The van der Waals surface area contributed by atoms with E-state index in [1.165, 1.54) is 3.93 Å². The number of nitrogens with zero attached hydrogens (tertiary/aromatic N) is 1. The summed E-state index contributed by atoms with van der Waals surface area (Å²) in [5, 5.41) is 2.13. The van der Waals surface area contributed by atoms with Crippen LogP contribution in [0.15, 0.2) is 42.5 Å². The predicted octanol–water partition coefficient (Wildman–Crippen LogP) is 3.90. The van der Waals surface area contributed by atoms with Gasteiger partial charge in [-0.25, -0.2) is 0 Å². The monoisotopic (exact) mass is 364 g/mol. The number of rotatable bonds is 4. The van der Waals surface area contributed by atoms with Crippen LogP contribution in [0.1, 0.15) is 24.2 Å². The molecule has 0 spiro atoms. The Morgan fingerprint density at radius 1 is 1.19 bits per heavy atom. The molecule has 5 heteroatoms. The van der Waals surface area contributed by atoms with Gasteiger partial charge >= 0.3 is 0 Å². The molecule has 110 valence electrons. The number of nitrogens with two attached hydrogens (primary N) is 1. The summed E-state index contributed by atoms with van der Waals surface area (Å²) in [4.78, 5) is 12.9. The molecule has 1 amide bonds. The highest BCUT2D eigenvalue weighted by molar-refractivity contribution is 9.07. The molecular formula is C16H17BrN2OS. The second-order valence-electron chi connectivity index (χ2n) is 5.27. The first-order valence-corrected chi connectivity index (χ1v) is 7.81. The minimum Gasteiger partial charge on any atom is -0.392 e. The fraction of sp³-hybridized carbons (Fsp3) is 0.250. The SMILES string of the molecule is CC(C)C(C(N)=S)N(Br)C(=O)c1ccc2ccccc2c1. The molecule has 3 nitrogen and oxygen atoms in total. The highest BCUT2D eigenvalue weighted by Gasteiger charge is 2.27. The van der Waals surface area contributed by atoms with Gasteiger partial charge in [-0.15, -0.1) is 0 Å². The number of hydrogen-bond acceptors (Lipinski definition) is 2. The Kier molecular flexibility index (Phi) is 4.96. The third-order valence-corrected chi connectivity index (χ3v) is 4.36. The third-order valence-electron chi connectivity index (χ3n) is 3.36. The van der Waals surface area contributed by atoms with Crippen LogP contribution in [0, 0.1) is 5.92 Å². The van der Waals surface area contributed by atoms with Crippen LogP contribution in [-0.2, 0) is 0 Å². The van der Waals surface area contributed by atoms with Gasteiger partial charge in [-0.3, -0.25) is 8.72 Å². The Balaban J connectivity index is 2.34. The number of hydrogen-bond donors (Lipinski definition) is 1. The van der Waals surface area contributed by atoms with E-state index in [1.54, 1.807) is 0 Å². The standard InChI is InChI=1S/C16H17BrN2OS/c1-10(2)14(15(18)21)19(17)16(20)13-8-7-11-5-3-4-6-12(11)9-13/h3-10,14H,1-2H3,(H2,18,21). The lowest BCUT2D eigenvalue weighted by Gasteiger charge is -2.28. The van der Waals surface area contributed by atoms with Crippen LogP contribution in [0.3, 0.4) is 0 Å². The van der Waals surface area contributed by atoms with E-state index in [9.17, 15) is 4.79 Å². The molecule has 1 atom stereocenters. The van der Waals surface area contributed by atoms with Crippen molar-refractivity contribution in [3.63, 3.8) is 0 Å². The number of thiocarbonyl (C=S) groups is 1. The molecule has 1 unspecified atom stereocenters. The summed E-state index contributed by atoms with van der Waals surface area (Å²) in [6.45, 7) is 3.96. The fourth-order valence-corrected chi connectivity index (χ4v) is 3.69. The van der Waals surface area contributed by atoms with Crippen molar-refractivity contribution < 1.29 is 4.79 Å². The number of carbonyl (C=O) groups is 1. The Labute approximate surface area is 138 Å². The van der Waals surface area contributed by atoms with Gasteiger partial charge in [-0.2, -0.15) is 0 Å². The van der Waals surface area contributed by atoms with Crippen LogP contribution in [0.5, 0.6) is 0 Å². The van der Waals surface area contributed by atoms with Gasteiger partial charge in [-0.05, 0) is 28.8 Å². The molecule has 0 aliphatic heterocycles. The second kappa shape index (κ2) is 6.54. The molecular weight excluding hydrogens is 348 g/mol. The van der Waals surface area contributed by atoms with E-state index < -0.39 is 0 Å². The fourth-order valence-electron chi connectivity index (χ4n) is 2.27. The van der Waals surface area contributed by atoms with E-state index in [0.717, 1.165) is 10.8 Å². The van der Waals surface area contributed by atoms with E-state index in [2.05, 4.69) is 16.1 Å². The third kappa shape index (κ3) is 3.41. The van der Waals surface area contributed by atoms with Crippen molar-refractivity contribution in [3.8, 4) is 0 Å². The summed E-state index contributed by atoms with van der Waals surface area (Å²) >= 11 is 8.40. The average Bonchev–Trinajstić information content (AvgIpc) is 2.45. The molecule has 2 aromatic carbocycles. The molecule has 0 aliphatic rings. The Morgan fingerprint density at radius 3 is 2.38 bits per heavy atom. The molecule has 0 fully saturated rings. The molecule has 21 heavy (non-hydrogen) atoms. The van der Waals surface area contributed by atoms with Crippen LogP contribution >= 0.6 is 28.4 Å². The summed E-state index contributed by atoms with van der Waals surface area (Å²) in [7, 11) is 0. The van der Waals surface area contributed by atoms with Crippen molar-refractivity contribution in [2.75, 3.05) is 0 Å². The van der Waals surface area contributed by atoms with Crippen molar-refractivity contribution in [1.29, 1.82) is 0 Å². The molecule has 0 aliphatic carbocycles. The summed E-state index contributed by atoms with van der Waals surface area (Å²) < 4.78 is 1.45. The summed E-state index contributed by atoms with van der Waals surface area (Å²) in [6, 6.07) is 13.2. The highest BCUT2D eigenvalue weighted by Crippen LogP contribution is 2.22. The maximum atomic E-state index is 12.6. The first-order valence-electron chi connectivity index (χ1n) is 6.69. The molecule has 0 saturated heterocycles. The lowest BCUT2D eigenvalue weighted by atomic mass is 10.0. The van der Waals surface area contributed by atoms with Gasteiger partial charge < -0.3 is 5.73 Å². The highest BCUT2D eigenvalue weighted by atomic mass is 79.9. The van der Waals surface area contributed by atoms with Gasteiger partial charge in [0.05, 0.1) is 27.2 Å². The van der Waals surface area contributed by atoms with E-state index >= 15 is 0 Å². The van der Waals surface area contributed by atoms with Gasteiger partial charge in [0, 0.05) is 5.56 Å². The first-order chi connectivity index (χ1) is 9.91. The van der Waals surface area contributed by atoms with Gasteiger partial charge in [0.1, 0.15) is 0 Å². The quantitative estimate of drug-likeness (QED) is 0.660. The lowest BCUT2D eigenvalue weighted by molar-refractivity contribution is 0.0850. The van der Waals surface area contributed by atoms with Crippen molar-refractivity contribution >= 4 is 50.0 Å². The van der Waals surface area contributed by atoms with Gasteiger partial charge in [0.25, 0.3) is 5.91 Å². The van der Waals surface area contributed by atoms with Crippen LogP contribution in [-0.4, -0.2) is 20.9 Å². The van der Waals surface area contributed by atoms with Gasteiger partial charge in [-0.1, -0.05) is 56.4 Å². The second-order valence-corrected chi connectivity index (χ2v) is 6.51. The minimum absolute atomic E-state index is 0.131. The van der Waals surface area contributed by atoms with E-state index in [-0.39, 0.29) is 17.9 Å². The zero-order valence-corrected chi connectivity index (χ0v) is 14.3. The number of carbonyl (C=O) groups excluding carboxylic acids is 1. The van der Waals surface area contributed by atoms with Crippen LogP contribution < -0.4 is 5.73 Å². The Hall–Kier alpha value is -1.46. The molecule has 0 saturated carbocycles. The largest absolute Gasteiger partial charge is 0.392 e. The topological polar surface area (TPSA) is 46.3 Å². The van der Waals surface area contributed by atoms with Crippen molar-refractivity contribution in [2.24, 2.45) is 11.7 Å². The molecule has 2 rings (SSSR count). The maximum Gasteiger partial charge on any atom is 0.264 e. The number of halogens is 1. The van der Waals surface area contributed by atoms with Crippen LogP contribution in [0.25, 0.3) is 10.8 Å². The zero-order chi connectivity index (χ0) is 15.6. The maximum absolute atomic E-state index is 12.6. The first kappa shape index (κ1) is 15.9. The normalized spacial score (nSPS) is 12.4. The number of benzene rings is 2. The number of fused-ring (bicyclic) bond motifs is 1. The van der Waals surface area contributed by atoms with E-state index in [0.29, 0.717) is 10.6 Å². The molecule has 0 bridgehead atoms. The molecule has 0 heterocycles. The predicted molar refractivity (Wildman–Crippen MR) is 94.5 cm³/mol. The van der Waals surface area contributed by atoms with Crippen molar-refractivity contribution in [2.45, 2.75) is 19.9 Å². The molecule has 2 N–H and O–H groups in total. The molecule has 2 aromatic rings. The zero-order valence-electron chi connectivity index (χ0n) is 11.9. The Bertz CT molecular complexity index is 687. The lowest BCUT2D eigenvalue weighted by Crippen LogP contribution is -2.44. The smallest absolute Gasteiger partial charge is 0.264 e.